The van der Waals surface area contributed by atoms with Gasteiger partial charge >= 0.3 is 0 Å². The van der Waals surface area contributed by atoms with E-state index in [0.717, 1.165) is 6.92 Å². The maximum atomic E-state index is 9.00. The molecule has 0 saturated carbocycles. The Morgan fingerprint density at radius 3 is 1.11 bits per heavy atom. The summed E-state index contributed by atoms with van der Waals surface area (Å²) in [5.41, 5.74) is 0. The second-order valence-corrected chi connectivity index (χ2v) is 0.519. The summed E-state index contributed by atoms with van der Waals surface area (Å²) in [4.78, 5) is 9.00. The standard InChI is InChI=1S/C2H4O2.4H2O.Tm/c1-2(3)4;;;;;/h1H3,(H,3,4);4*1H2;. The Hall–Kier alpha value is 0.544. The third kappa shape index (κ3) is 1240. The molecule has 0 aromatic rings. The summed E-state index contributed by atoms with van der Waals surface area (Å²) in [6.07, 6.45) is 0. The average Bonchev–Trinajstić information content (AvgIpc) is 0.811. The van der Waals surface area contributed by atoms with Crippen molar-refractivity contribution in [1.29, 1.82) is 0 Å². The van der Waals surface area contributed by atoms with Gasteiger partial charge in [-0.1, -0.05) is 0 Å². The van der Waals surface area contributed by atoms with E-state index in [0.29, 0.717) is 0 Å². The first-order valence-corrected chi connectivity index (χ1v) is 0.928. The molecule has 0 bridgehead atoms. The second-order valence-electron chi connectivity index (χ2n) is 0.519. The molecule has 6 nitrogen and oxygen atoms in total. The van der Waals surface area contributed by atoms with E-state index in [1.807, 2.05) is 0 Å². The molecule has 0 aliphatic carbocycles. The van der Waals surface area contributed by atoms with E-state index in [2.05, 4.69) is 0 Å². The molecule has 1 radical (unpaired) electrons. The van der Waals surface area contributed by atoms with Gasteiger partial charge in [0.05, 0.1) is 0 Å². The SMILES string of the molecule is CC(=O)O.O.O.O.O.[Tm]. The maximum absolute atomic E-state index is 9.00. The topological polar surface area (TPSA) is 163 Å². The first-order chi connectivity index (χ1) is 1.73. The minimum absolute atomic E-state index is 0. The van der Waals surface area contributed by atoms with Crippen LogP contribution in [0.5, 0.6) is 0 Å². The fraction of sp³-hybridized carbons (Fsp3) is 0.500. The summed E-state index contributed by atoms with van der Waals surface area (Å²) in [6, 6.07) is 0. The molecular weight excluding hydrogens is 289 g/mol. The number of hydrogen-bond acceptors (Lipinski definition) is 1. The van der Waals surface area contributed by atoms with Crippen molar-refractivity contribution < 1.29 is 68.7 Å². The Morgan fingerprint density at radius 2 is 1.11 bits per heavy atom. The van der Waals surface area contributed by atoms with E-state index >= 15 is 0 Å². The summed E-state index contributed by atoms with van der Waals surface area (Å²) in [6.45, 7) is 1.08. The van der Waals surface area contributed by atoms with Gasteiger partial charge in [-0.15, -0.1) is 0 Å². The second kappa shape index (κ2) is 38.7. The average molecular weight is 301 g/mol. The van der Waals surface area contributed by atoms with E-state index in [1.165, 1.54) is 0 Å². The van der Waals surface area contributed by atoms with Crippen LogP contribution < -0.4 is 0 Å². The van der Waals surface area contributed by atoms with Gasteiger partial charge in [0.15, 0.2) is 0 Å². The molecule has 0 fully saturated rings. The van der Waals surface area contributed by atoms with Crippen LogP contribution in [0.2, 0.25) is 0 Å². The van der Waals surface area contributed by atoms with E-state index in [1.54, 1.807) is 0 Å². The van der Waals surface area contributed by atoms with Crippen LogP contribution >= 0.6 is 0 Å². The number of hydrogen-bond donors (Lipinski definition) is 1. The van der Waals surface area contributed by atoms with Crippen molar-refractivity contribution in [3.05, 3.63) is 0 Å². The summed E-state index contributed by atoms with van der Waals surface area (Å²) in [7, 11) is 0. The molecule has 7 heteroatoms. The molecule has 0 spiro atoms. The van der Waals surface area contributed by atoms with Crippen LogP contribution in [0.3, 0.4) is 0 Å². The molecule has 0 aliphatic rings. The number of carboxylic acid groups (broad SMARTS) is 1. The Labute approximate surface area is 81.3 Å². The van der Waals surface area contributed by atoms with E-state index in [4.69, 9.17) is 9.90 Å². The summed E-state index contributed by atoms with van der Waals surface area (Å²) in [5.74, 6) is -0.833. The van der Waals surface area contributed by atoms with Gasteiger partial charge in [0.2, 0.25) is 0 Å². The maximum Gasteiger partial charge on any atom is 0.300 e. The van der Waals surface area contributed by atoms with Crippen molar-refractivity contribution in [2.24, 2.45) is 0 Å². The van der Waals surface area contributed by atoms with Gasteiger partial charge in [-0.3, -0.25) is 4.79 Å². The predicted octanol–water partition coefficient (Wildman–Crippen LogP) is -3.21. The van der Waals surface area contributed by atoms with Crippen molar-refractivity contribution in [2.45, 2.75) is 6.92 Å². The van der Waals surface area contributed by atoms with Crippen LogP contribution in [0.4, 0.5) is 0 Å². The Balaban J connectivity index is -0.00000000450. The zero-order valence-corrected chi connectivity index (χ0v) is 6.41. The predicted molar refractivity (Wildman–Crippen MR) is 27.8 cm³/mol. The normalized spacial score (nSPS) is 2.78. The van der Waals surface area contributed by atoms with Crippen LogP contribution in [0.1, 0.15) is 6.92 Å². The van der Waals surface area contributed by atoms with Gasteiger partial charge in [0, 0.05) is 43.8 Å². The van der Waals surface area contributed by atoms with Gasteiger partial charge in [-0.05, 0) is 0 Å². The molecule has 0 atom stereocenters. The number of carbonyl (C=O) groups is 1. The van der Waals surface area contributed by atoms with E-state index in [9.17, 15) is 0 Å². The van der Waals surface area contributed by atoms with Crippen molar-refractivity contribution in [2.75, 3.05) is 0 Å². The third-order valence-electron chi connectivity index (χ3n) is 0. The Morgan fingerprint density at radius 1 is 1.11 bits per heavy atom. The molecular formula is C2H12O6Tm. The molecule has 0 saturated heterocycles. The van der Waals surface area contributed by atoms with Gasteiger partial charge < -0.3 is 27.0 Å². The van der Waals surface area contributed by atoms with Crippen molar-refractivity contribution in [1.82, 2.24) is 0 Å². The molecule has 0 aromatic carbocycles. The first kappa shape index (κ1) is 55.5. The fourth-order valence-electron chi connectivity index (χ4n) is 0. The number of carboxylic acids is 1. The molecule has 69 valence electrons. The Bertz CT molecular complexity index is 34.0. The van der Waals surface area contributed by atoms with Crippen molar-refractivity contribution in [3.8, 4) is 0 Å². The van der Waals surface area contributed by atoms with Gasteiger partial charge in [-0.2, -0.15) is 0 Å². The smallest absolute Gasteiger partial charge is 0.300 e. The molecule has 9 heavy (non-hydrogen) atoms. The minimum atomic E-state index is -0.833. The molecule has 0 aromatic heterocycles. The third-order valence-corrected chi connectivity index (χ3v) is 0. The monoisotopic (exact) mass is 301 g/mol. The fourth-order valence-corrected chi connectivity index (χ4v) is 0. The van der Waals surface area contributed by atoms with E-state index in [-0.39, 0.29) is 58.8 Å². The van der Waals surface area contributed by atoms with Crippen LogP contribution in [-0.2, 0) is 4.79 Å². The number of aliphatic carboxylic acids is 1. The van der Waals surface area contributed by atoms with Gasteiger partial charge in [0.1, 0.15) is 0 Å². The largest absolute Gasteiger partial charge is 0.481 e. The molecule has 0 amide bonds. The minimum Gasteiger partial charge on any atom is -0.481 e. The molecule has 0 heterocycles. The molecule has 0 unspecified atom stereocenters. The van der Waals surface area contributed by atoms with E-state index < -0.39 is 5.97 Å². The molecule has 0 rings (SSSR count). The first-order valence-electron chi connectivity index (χ1n) is 0.928. The zero-order chi connectivity index (χ0) is 3.58. The van der Waals surface area contributed by atoms with Crippen LogP contribution in [-0.4, -0.2) is 33.0 Å². The van der Waals surface area contributed by atoms with Crippen LogP contribution in [0, 0.1) is 36.9 Å². The van der Waals surface area contributed by atoms with Gasteiger partial charge in [-0.25, -0.2) is 0 Å². The van der Waals surface area contributed by atoms with Crippen molar-refractivity contribution >= 4 is 5.97 Å². The Kier molecular flexibility index (Phi) is 239. The van der Waals surface area contributed by atoms with Crippen LogP contribution in [0.15, 0.2) is 0 Å². The molecule has 0 aliphatic heterocycles. The van der Waals surface area contributed by atoms with Gasteiger partial charge in [0.25, 0.3) is 5.97 Å². The van der Waals surface area contributed by atoms with Crippen molar-refractivity contribution in [3.63, 3.8) is 0 Å². The number of rotatable bonds is 0. The zero-order valence-electron chi connectivity index (χ0n) is 4.63. The summed E-state index contributed by atoms with van der Waals surface area (Å²) < 4.78 is 0. The summed E-state index contributed by atoms with van der Waals surface area (Å²) >= 11 is 0. The van der Waals surface area contributed by atoms with Crippen LogP contribution in [0.25, 0.3) is 0 Å². The molecule has 9 N–H and O–H groups in total. The summed E-state index contributed by atoms with van der Waals surface area (Å²) in [5, 5.41) is 7.42. The quantitative estimate of drug-likeness (QED) is 0.498.